The van der Waals surface area contributed by atoms with Crippen LogP contribution in [0.15, 0.2) is 30.3 Å². The normalized spacial score (nSPS) is 11.3. The standard InChI is InChI=1S/C19H13Cl2F3N4O3S/c1-8-13(17(31)25-7-9-4-2-3-5-10(9)19(22,23)24)18(32-28-8)27-16(30)12-6-11(20)14(29)15(21)26-12/h2-6,29H,7H2,1H3,(H,25,31)(H,27,30). The van der Waals surface area contributed by atoms with E-state index in [1.807, 2.05) is 0 Å². The van der Waals surface area contributed by atoms with E-state index < -0.39 is 29.3 Å². The number of nitrogens with one attached hydrogen (secondary N) is 2. The number of rotatable bonds is 5. The van der Waals surface area contributed by atoms with E-state index in [9.17, 15) is 27.9 Å². The molecule has 2 aromatic heterocycles. The summed E-state index contributed by atoms with van der Waals surface area (Å²) in [5.74, 6) is -2.00. The molecule has 0 aliphatic heterocycles. The second kappa shape index (κ2) is 9.31. The van der Waals surface area contributed by atoms with Crippen LogP contribution in [0.2, 0.25) is 10.2 Å². The van der Waals surface area contributed by atoms with Gasteiger partial charge in [-0.1, -0.05) is 41.4 Å². The van der Waals surface area contributed by atoms with Crippen LogP contribution in [0.3, 0.4) is 0 Å². The van der Waals surface area contributed by atoms with E-state index in [4.69, 9.17) is 23.2 Å². The Morgan fingerprint density at radius 3 is 2.53 bits per heavy atom. The van der Waals surface area contributed by atoms with Gasteiger partial charge in [-0.3, -0.25) is 9.59 Å². The summed E-state index contributed by atoms with van der Waals surface area (Å²) in [5, 5.41) is 13.9. The van der Waals surface area contributed by atoms with Crippen LogP contribution in [0.25, 0.3) is 0 Å². The lowest BCUT2D eigenvalue weighted by atomic mass is 10.1. The zero-order chi connectivity index (χ0) is 23.6. The molecule has 32 heavy (non-hydrogen) atoms. The van der Waals surface area contributed by atoms with Gasteiger partial charge in [0.1, 0.15) is 10.7 Å². The molecule has 0 fully saturated rings. The van der Waals surface area contributed by atoms with E-state index in [1.165, 1.54) is 25.1 Å². The molecule has 2 amide bonds. The van der Waals surface area contributed by atoms with Gasteiger partial charge in [0, 0.05) is 6.54 Å². The lowest BCUT2D eigenvalue weighted by molar-refractivity contribution is -0.138. The van der Waals surface area contributed by atoms with Crippen molar-refractivity contribution in [3.8, 4) is 5.75 Å². The van der Waals surface area contributed by atoms with Crippen molar-refractivity contribution >= 4 is 51.5 Å². The second-order valence-corrected chi connectivity index (χ2v) is 7.93. The first kappa shape index (κ1) is 23.8. The van der Waals surface area contributed by atoms with Crippen molar-refractivity contribution in [3.05, 3.63) is 68.6 Å². The van der Waals surface area contributed by atoms with Crippen LogP contribution >= 0.6 is 34.7 Å². The van der Waals surface area contributed by atoms with Crippen LogP contribution in [-0.2, 0) is 12.7 Å². The minimum absolute atomic E-state index is 0.0104. The molecular formula is C19H13Cl2F3N4O3S. The molecule has 0 atom stereocenters. The number of hydrogen-bond acceptors (Lipinski definition) is 6. The molecule has 3 aromatic rings. The third-order valence-electron chi connectivity index (χ3n) is 4.22. The first-order chi connectivity index (χ1) is 15.0. The van der Waals surface area contributed by atoms with Gasteiger partial charge < -0.3 is 15.7 Å². The molecule has 3 N–H and O–H groups in total. The van der Waals surface area contributed by atoms with Crippen molar-refractivity contribution in [2.45, 2.75) is 19.6 Å². The van der Waals surface area contributed by atoms with Gasteiger partial charge in [0.25, 0.3) is 11.8 Å². The zero-order valence-corrected chi connectivity index (χ0v) is 18.4. The smallest absolute Gasteiger partial charge is 0.416 e. The van der Waals surface area contributed by atoms with Crippen molar-refractivity contribution < 1.29 is 27.9 Å². The topological polar surface area (TPSA) is 104 Å². The number of hydrogen-bond donors (Lipinski definition) is 3. The molecule has 1 aromatic carbocycles. The van der Waals surface area contributed by atoms with Crippen molar-refractivity contribution in [2.24, 2.45) is 0 Å². The maximum atomic E-state index is 13.2. The molecule has 7 nitrogen and oxygen atoms in total. The fourth-order valence-electron chi connectivity index (χ4n) is 2.70. The van der Waals surface area contributed by atoms with E-state index >= 15 is 0 Å². The molecule has 168 valence electrons. The predicted octanol–water partition coefficient (Wildman–Crippen LogP) is 5.06. The first-order valence-electron chi connectivity index (χ1n) is 8.75. The van der Waals surface area contributed by atoms with Gasteiger partial charge in [0.2, 0.25) is 0 Å². The Balaban J connectivity index is 1.79. The lowest BCUT2D eigenvalue weighted by Crippen LogP contribution is -2.26. The number of aromatic nitrogens is 2. The molecule has 0 unspecified atom stereocenters. The fraction of sp³-hybridized carbons (Fsp3) is 0.158. The summed E-state index contributed by atoms with van der Waals surface area (Å²) in [6, 6.07) is 5.95. The van der Waals surface area contributed by atoms with Gasteiger partial charge >= 0.3 is 6.18 Å². The SMILES string of the molecule is Cc1nsc(NC(=O)c2cc(Cl)c(O)c(Cl)n2)c1C(=O)NCc1ccccc1C(F)(F)F. The highest BCUT2D eigenvalue weighted by atomic mass is 35.5. The Labute approximate surface area is 193 Å². The zero-order valence-electron chi connectivity index (χ0n) is 16.1. The summed E-state index contributed by atoms with van der Waals surface area (Å²) in [7, 11) is 0. The minimum Gasteiger partial charge on any atom is -0.504 e. The summed E-state index contributed by atoms with van der Waals surface area (Å²) in [6.45, 7) is 1.12. The Morgan fingerprint density at radius 1 is 1.19 bits per heavy atom. The van der Waals surface area contributed by atoms with Gasteiger partial charge in [-0.2, -0.15) is 17.5 Å². The Kier molecular flexibility index (Phi) is 6.91. The van der Waals surface area contributed by atoms with E-state index in [-0.39, 0.29) is 44.2 Å². The third-order valence-corrected chi connectivity index (χ3v) is 5.62. The third kappa shape index (κ3) is 5.12. The summed E-state index contributed by atoms with van der Waals surface area (Å²) in [5.41, 5.74) is -0.946. The van der Waals surface area contributed by atoms with Crippen LogP contribution in [0, 0.1) is 6.92 Å². The molecule has 0 spiro atoms. The van der Waals surface area contributed by atoms with E-state index in [1.54, 1.807) is 0 Å². The average Bonchev–Trinajstić information content (AvgIpc) is 3.09. The molecular weight excluding hydrogens is 492 g/mol. The van der Waals surface area contributed by atoms with E-state index in [0.717, 1.165) is 23.7 Å². The van der Waals surface area contributed by atoms with Gasteiger partial charge in [-0.15, -0.1) is 0 Å². The highest BCUT2D eigenvalue weighted by Gasteiger charge is 2.33. The van der Waals surface area contributed by atoms with Gasteiger partial charge in [0.05, 0.1) is 21.8 Å². The quantitative estimate of drug-likeness (QED) is 0.421. The van der Waals surface area contributed by atoms with Gasteiger partial charge in [-0.25, -0.2) is 4.98 Å². The summed E-state index contributed by atoms with van der Waals surface area (Å²) < 4.78 is 43.5. The summed E-state index contributed by atoms with van der Waals surface area (Å²) >= 11 is 12.3. The maximum Gasteiger partial charge on any atom is 0.416 e. The largest absolute Gasteiger partial charge is 0.504 e. The van der Waals surface area contributed by atoms with Crippen molar-refractivity contribution in [1.82, 2.24) is 14.7 Å². The monoisotopic (exact) mass is 504 g/mol. The molecule has 0 radical (unpaired) electrons. The van der Waals surface area contributed by atoms with Crippen LogP contribution in [-0.4, -0.2) is 26.3 Å². The molecule has 0 aliphatic carbocycles. The predicted molar refractivity (Wildman–Crippen MR) is 113 cm³/mol. The van der Waals surface area contributed by atoms with Crippen LogP contribution in [0.5, 0.6) is 5.75 Å². The number of anilines is 1. The molecule has 0 bridgehead atoms. The first-order valence-corrected chi connectivity index (χ1v) is 10.3. The lowest BCUT2D eigenvalue weighted by Gasteiger charge is -2.13. The molecule has 0 saturated heterocycles. The van der Waals surface area contributed by atoms with E-state index in [2.05, 4.69) is 20.0 Å². The Morgan fingerprint density at radius 2 is 1.88 bits per heavy atom. The average molecular weight is 505 g/mol. The second-order valence-electron chi connectivity index (χ2n) is 6.39. The number of halogens is 5. The number of nitrogens with zero attached hydrogens (tertiary/aromatic N) is 2. The van der Waals surface area contributed by atoms with Crippen molar-refractivity contribution in [2.75, 3.05) is 5.32 Å². The Bertz CT molecular complexity index is 1180. The molecule has 0 saturated carbocycles. The van der Waals surface area contributed by atoms with Crippen LogP contribution in [0.1, 0.15) is 37.7 Å². The Hall–Kier alpha value is -2.89. The highest BCUT2D eigenvalue weighted by molar-refractivity contribution is 7.11. The van der Waals surface area contributed by atoms with Crippen molar-refractivity contribution in [1.29, 1.82) is 0 Å². The number of aryl methyl sites for hydroxylation is 1. The van der Waals surface area contributed by atoms with Gasteiger partial charge in [0.15, 0.2) is 10.9 Å². The number of pyridine rings is 1. The van der Waals surface area contributed by atoms with Crippen LogP contribution < -0.4 is 10.6 Å². The fourth-order valence-corrected chi connectivity index (χ4v) is 3.92. The van der Waals surface area contributed by atoms with Crippen LogP contribution in [0.4, 0.5) is 18.2 Å². The number of benzene rings is 1. The minimum atomic E-state index is -4.57. The molecule has 3 rings (SSSR count). The molecule has 2 heterocycles. The molecule has 0 aliphatic rings. The number of carbonyl (C=O) groups is 2. The number of alkyl halides is 3. The van der Waals surface area contributed by atoms with E-state index in [0.29, 0.717) is 0 Å². The number of aromatic hydroxyl groups is 1. The summed E-state index contributed by atoms with van der Waals surface area (Å²) in [6.07, 6.45) is -4.57. The number of carbonyl (C=O) groups excluding carboxylic acids is 2. The van der Waals surface area contributed by atoms with Crippen molar-refractivity contribution in [3.63, 3.8) is 0 Å². The maximum absolute atomic E-state index is 13.2. The molecule has 13 heteroatoms. The van der Waals surface area contributed by atoms with Gasteiger partial charge in [-0.05, 0) is 36.2 Å². The number of amides is 2. The highest BCUT2D eigenvalue weighted by Crippen LogP contribution is 2.33. The summed E-state index contributed by atoms with van der Waals surface area (Å²) in [4.78, 5) is 28.9.